The molecule has 0 spiro atoms. The molecule has 0 aliphatic carbocycles. The van der Waals surface area contributed by atoms with Crippen molar-refractivity contribution >= 4 is 28.1 Å². The van der Waals surface area contributed by atoms with Gasteiger partial charge in [0.05, 0.1) is 12.1 Å². The van der Waals surface area contributed by atoms with Gasteiger partial charge in [0.25, 0.3) is 0 Å². The Morgan fingerprint density at radius 2 is 2.50 bits per heavy atom. The first-order valence-corrected chi connectivity index (χ1v) is 6.90. The van der Waals surface area contributed by atoms with Crippen LogP contribution in [-0.4, -0.2) is 38.6 Å². The van der Waals surface area contributed by atoms with E-state index in [1.54, 1.807) is 19.6 Å². The van der Waals surface area contributed by atoms with Crippen LogP contribution in [0.25, 0.3) is 0 Å². The first-order valence-electron chi connectivity index (χ1n) is 5.00. The summed E-state index contributed by atoms with van der Waals surface area (Å²) in [6.45, 7) is 0.744. The standard InChI is InChI=1S/C9H16N4OS2/c1-10-9(15)12-3-2-4-16(14)6-8-5-11-7-13-8/h5,7H,2-4,6H2,1H3,(H,11,13)(H2,10,12,15). The van der Waals surface area contributed by atoms with Gasteiger partial charge in [-0.15, -0.1) is 0 Å². The van der Waals surface area contributed by atoms with Gasteiger partial charge < -0.3 is 15.6 Å². The molecule has 0 aliphatic heterocycles. The highest BCUT2D eigenvalue weighted by atomic mass is 32.2. The Morgan fingerprint density at radius 3 is 3.12 bits per heavy atom. The summed E-state index contributed by atoms with van der Waals surface area (Å²) in [6.07, 6.45) is 4.13. The third-order valence-corrected chi connectivity index (χ3v) is 3.66. The topological polar surface area (TPSA) is 69.8 Å². The number of imidazole rings is 1. The SMILES string of the molecule is CNC(=S)NCCCS(=O)Cc1cnc[nH]1. The molecule has 1 rings (SSSR count). The van der Waals surface area contributed by atoms with Crippen LogP contribution in [0.5, 0.6) is 0 Å². The Kier molecular flexibility index (Phi) is 6.02. The van der Waals surface area contributed by atoms with Crippen molar-refractivity contribution in [3.05, 3.63) is 18.2 Å². The van der Waals surface area contributed by atoms with Gasteiger partial charge in [0.2, 0.25) is 0 Å². The predicted molar refractivity (Wildman–Crippen MR) is 69.6 cm³/mol. The Morgan fingerprint density at radius 1 is 1.69 bits per heavy atom. The Bertz CT molecular complexity index is 339. The number of hydrogen-bond acceptors (Lipinski definition) is 3. The molecule has 5 nitrogen and oxygen atoms in total. The first-order chi connectivity index (χ1) is 7.72. The largest absolute Gasteiger partial charge is 0.366 e. The number of hydrogen-bond donors (Lipinski definition) is 3. The predicted octanol–water partition coefficient (Wildman–Crippen LogP) is 0.142. The summed E-state index contributed by atoms with van der Waals surface area (Å²) in [5, 5.41) is 6.46. The lowest BCUT2D eigenvalue weighted by atomic mass is 10.5. The molecule has 90 valence electrons. The van der Waals surface area contributed by atoms with Gasteiger partial charge in [-0.2, -0.15) is 0 Å². The molecule has 0 saturated carbocycles. The van der Waals surface area contributed by atoms with E-state index in [0.717, 1.165) is 18.7 Å². The Labute approximate surface area is 103 Å². The molecule has 1 atom stereocenters. The normalized spacial score (nSPS) is 12.1. The Balaban J connectivity index is 2.09. The molecule has 0 radical (unpaired) electrons. The summed E-state index contributed by atoms with van der Waals surface area (Å²) in [5.41, 5.74) is 0.914. The number of nitrogens with zero attached hydrogens (tertiary/aromatic N) is 1. The smallest absolute Gasteiger partial charge is 0.166 e. The van der Waals surface area contributed by atoms with Crippen LogP contribution in [0.3, 0.4) is 0 Å². The lowest BCUT2D eigenvalue weighted by molar-refractivity contribution is 0.678. The highest BCUT2D eigenvalue weighted by Gasteiger charge is 2.02. The lowest BCUT2D eigenvalue weighted by Crippen LogP contribution is -2.33. The van der Waals surface area contributed by atoms with E-state index in [4.69, 9.17) is 12.2 Å². The van der Waals surface area contributed by atoms with Crippen LogP contribution in [0.4, 0.5) is 0 Å². The molecule has 1 aromatic rings. The van der Waals surface area contributed by atoms with Gasteiger partial charge in [-0.05, 0) is 18.6 Å². The number of aromatic nitrogens is 2. The van der Waals surface area contributed by atoms with Crippen molar-refractivity contribution in [1.82, 2.24) is 20.6 Å². The first kappa shape index (κ1) is 13.1. The third-order valence-electron chi connectivity index (χ3n) is 1.93. The van der Waals surface area contributed by atoms with Gasteiger partial charge in [0.15, 0.2) is 5.11 Å². The minimum Gasteiger partial charge on any atom is -0.366 e. The lowest BCUT2D eigenvalue weighted by Gasteiger charge is -2.06. The molecular weight excluding hydrogens is 244 g/mol. The molecule has 1 heterocycles. The van der Waals surface area contributed by atoms with Crippen LogP contribution in [0, 0.1) is 0 Å². The van der Waals surface area contributed by atoms with Gasteiger partial charge in [-0.1, -0.05) is 0 Å². The number of thiocarbonyl (C=S) groups is 1. The molecule has 16 heavy (non-hydrogen) atoms. The van der Waals surface area contributed by atoms with Crippen LogP contribution < -0.4 is 10.6 Å². The van der Waals surface area contributed by atoms with Crippen molar-refractivity contribution in [3.8, 4) is 0 Å². The second-order valence-electron chi connectivity index (χ2n) is 3.22. The van der Waals surface area contributed by atoms with Crippen molar-refractivity contribution in [2.24, 2.45) is 0 Å². The summed E-state index contributed by atoms with van der Waals surface area (Å²) in [4.78, 5) is 6.81. The fourth-order valence-electron chi connectivity index (χ4n) is 1.13. The average molecular weight is 260 g/mol. The molecule has 3 N–H and O–H groups in total. The van der Waals surface area contributed by atoms with E-state index in [2.05, 4.69) is 20.6 Å². The number of rotatable bonds is 6. The highest BCUT2D eigenvalue weighted by Crippen LogP contribution is 1.98. The molecule has 0 aromatic carbocycles. The van der Waals surface area contributed by atoms with Gasteiger partial charge in [0, 0.05) is 42.0 Å². The number of nitrogens with one attached hydrogen (secondary N) is 3. The highest BCUT2D eigenvalue weighted by molar-refractivity contribution is 7.84. The Hall–Kier alpha value is -0.950. The van der Waals surface area contributed by atoms with Crippen LogP contribution in [-0.2, 0) is 16.6 Å². The minimum absolute atomic E-state index is 0.538. The quantitative estimate of drug-likeness (QED) is 0.501. The maximum absolute atomic E-state index is 11.6. The van der Waals surface area contributed by atoms with E-state index in [-0.39, 0.29) is 0 Å². The number of aromatic amines is 1. The fourth-order valence-corrected chi connectivity index (χ4v) is 2.35. The second kappa shape index (κ2) is 7.34. The molecule has 0 aliphatic rings. The van der Waals surface area contributed by atoms with E-state index < -0.39 is 10.8 Å². The van der Waals surface area contributed by atoms with E-state index in [0.29, 0.717) is 16.6 Å². The number of H-pyrrole nitrogens is 1. The molecule has 1 aromatic heterocycles. The second-order valence-corrected chi connectivity index (χ2v) is 5.21. The molecule has 0 saturated heterocycles. The minimum atomic E-state index is -0.841. The third kappa shape index (κ3) is 5.22. The van der Waals surface area contributed by atoms with Crippen molar-refractivity contribution in [2.45, 2.75) is 12.2 Å². The van der Waals surface area contributed by atoms with Gasteiger partial charge in [0.1, 0.15) is 0 Å². The van der Waals surface area contributed by atoms with Crippen LogP contribution in [0.1, 0.15) is 12.1 Å². The zero-order chi connectivity index (χ0) is 11.8. The van der Waals surface area contributed by atoms with Gasteiger partial charge in [-0.25, -0.2) is 4.98 Å². The van der Waals surface area contributed by atoms with E-state index in [9.17, 15) is 4.21 Å². The monoisotopic (exact) mass is 260 g/mol. The summed E-state index contributed by atoms with van der Waals surface area (Å²) in [5.74, 6) is 1.20. The van der Waals surface area contributed by atoms with E-state index >= 15 is 0 Å². The molecule has 0 amide bonds. The van der Waals surface area contributed by atoms with Crippen molar-refractivity contribution in [2.75, 3.05) is 19.3 Å². The fraction of sp³-hybridized carbons (Fsp3) is 0.556. The zero-order valence-electron chi connectivity index (χ0n) is 9.16. The molecule has 0 fully saturated rings. The average Bonchev–Trinajstić information content (AvgIpc) is 2.76. The molecule has 1 unspecified atom stereocenters. The van der Waals surface area contributed by atoms with Crippen molar-refractivity contribution < 1.29 is 4.21 Å². The van der Waals surface area contributed by atoms with Crippen LogP contribution in [0.15, 0.2) is 12.5 Å². The van der Waals surface area contributed by atoms with Gasteiger partial charge in [-0.3, -0.25) is 4.21 Å². The maximum Gasteiger partial charge on any atom is 0.166 e. The zero-order valence-corrected chi connectivity index (χ0v) is 10.8. The summed E-state index contributed by atoms with van der Waals surface area (Å²) in [6, 6.07) is 0. The summed E-state index contributed by atoms with van der Waals surface area (Å²) < 4.78 is 11.6. The van der Waals surface area contributed by atoms with Gasteiger partial charge >= 0.3 is 0 Å². The molecule has 7 heteroatoms. The summed E-state index contributed by atoms with van der Waals surface area (Å²) in [7, 11) is 0.929. The van der Waals surface area contributed by atoms with Crippen LogP contribution in [0.2, 0.25) is 0 Å². The van der Waals surface area contributed by atoms with Crippen molar-refractivity contribution in [1.29, 1.82) is 0 Å². The molecule has 0 bridgehead atoms. The van der Waals surface area contributed by atoms with E-state index in [1.165, 1.54) is 0 Å². The van der Waals surface area contributed by atoms with E-state index in [1.807, 2.05) is 0 Å². The van der Waals surface area contributed by atoms with Crippen LogP contribution >= 0.6 is 12.2 Å². The molecular formula is C9H16N4OS2. The van der Waals surface area contributed by atoms with Crippen molar-refractivity contribution in [3.63, 3.8) is 0 Å². The summed E-state index contributed by atoms with van der Waals surface area (Å²) >= 11 is 4.92. The maximum atomic E-state index is 11.6.